The van der Waals surface area contributed by atoms with E-state index in [0.29, 0.717) is 25.3 Å². The Hall–Kier alpha value is -1.12. The molecule has 1 fully saturated rings. The Morgan fingerprint density at radius 1 is 1.67 bits per heavy atom. The summed E-state index contributed by atoms with van der Waals surface area (Å²) < 4.78 is 0. The van der Waals surface area contributed by atoms with Gasteiger partial charge in [-0.05, 0) is 25.8 Å². The van der Waals surface area contributed by atoms with Gasteiger partial charge in [-0.25, -0.2) is 0 Å². The van der Waals surface area contributed by atoms with Crippen LogP contribution in [0.25, 0.3) is 0 Å². The summed E-state index contributed by atoms with van der Waals surface area (Å²) in [7, 11) is 1.74. The molecule has 1 heterocycles. The molecule has 2 unspecified atom stereocenters. The van der Waals surface area contributed by atoms with Crippen LogP contribution in [0.5, 0.6) is 0 Å². The Bertz CT molecular complexity index is 312. The van der Waals surface area contributed by atoms with Crippen molar-refractivity contribution in [2.45, 2.75) is 32.3 Å². The van der Waals surface area contributed by atoms with Crippen molar-refractivity contribution in [3.8, 4) is 6.07 Å². The van der Waals surface area contributed by atoms with Crippen molar-refractivity contribution >= 4 is 5.91 Å². The molecule has 1 rings (SSSR count). The smallest absolute Gasteiger partial charge is 0.223 e. The predicted octanol–water partition coefficient (Wildman–Crippen LogP) is 0.451. The maximum Gasteiger partial charge on any atom is 0.223 e. The number of carbonyl (C=O) groups is 1. The van der Waals surface area contributed by atoms with E-state index in [2.05, 4.69) is 4.90 Å². The summed E-state index contributed by atoms with van der Waals surface area (Å²) in [5, 5.41) is 18.0. The highest BCUT2D eigenvalue weighted by molar-refractivity contribution is 5.76. The van der Waals surface area contributed by atoms with Gasteiger partial charge in [0.1, 0.15) is 0 Å². The average molecular weight is 253 g/mol. The minimum atomic E-state index is -0.260. The molecule has 0 aliphatic carbocycles. The normalized spacial score (nSPS) is 21.6. The second-order valence-electron chi connectivity index (χ2n) is 5.06. The van der Waals surface area contributed by atoms with Crippen LogP contribution >= 0.6 is 0 Å². The summed E-state index contributed by atoms with van der Waals surface area (Å²) in [5.74, 6) is 0.433. The Balaban J connectivity index is 2.21. The van der Waals surface area contributed by atoms with Crippen LogP contribution in [0.1, 0.15) is 26.2 Å². The molecule has 102 valence electrons. The maximum atomic E-state index is 11.8. The Labute approximate surface area is 109 Å². The first kappa shape index (κ1) is 14.9. The van der Waals surface area contributed by atoms with Gasteiger partial charge in [-0.15, -0.1) is 0 Å². The summed E-state index contributed by atoms with van der Waals surface area (Å²) >= 11 is 0. The number of hydrogen-bond donors (Lipinski definition) is 1. The quantitative estimate of drug-likeness (QED) is 0.746. The van der Waals surface area contributed by atoms with E-state index in [0.717, 1.165) is 26.1 Å². The van der Waals surface area contributed by atoms with E-state index in [1.165, 1.54) is 0 Å². The lowest BCUT2D eigenvalue weighted by atomic mass is 10.0. The van der Waals surface area contributed by atoms with E-state index in [1.54, 1.807) is 11.9 Å². The number of aliphatic hydroxyl groups is 1. The van der Waals surface area contributed by atoms with E-state index in [4.69, 9.17) is 5.26 Å². The highest BCUT2D eigenvalue weighted by atomic mass is 16.3. The number of hydrogen-bond acceptors (Lipinski definition) is 4. The zero-order chi connectivity index (χ0) is 13.5. The van der Waals surface area contributed by atoms with E-state index in [-0.39, 0.29) is 12.0 Å². The SMILES string of the molecule is CC(O)C1CCN(CCC(=O)N(C)CCC#N)C1. The van der Waals surface area contributed by atoms with Gasteiger partial charge in [-0.2, -0.15) is 5.26 Å². The fourth-order valence-electron chi connectivity index (χ4n) is 2.25. The van der Waals surface area contributed by atoms with Crippen LogP contribution in [0, 0.1) is 17.2 Å². The van der Waals surface area contributed by atoms with E-state index in [9.17, 15) is 9.90 Å². The molecule has 0 saturated carbocycles. The highest BCUT2D eigenvalue weighted by Crippen LogP contribution is 2.19. The summed E-state index contributed by atoms with van der Waals surface area (Å²) in [6.07, 6.45) is 1.63. The predicted molar refractivity (Wildman–Crippen MR) is 68.7 cm³/mol. The summed E-state index contributed by atoms with van der Waals surface area (Å²) in [6, 6.07) is 2.04. The molecule has 0 radical (unpaired) electrons. The average Bonchev–Trinajstić information content (AvgIpc) is 2.81. The lowest BCUT2D eigenvalue weighted by Crippen LogP contribution is -2.32. The molecule has 0 aromatic heterocycles. The Morgan fingerprint density at radius 2 is 2.39 bits per heavy atom. The zero-order valence-corrected chi connectivity index (χ0v) is 11.3. The molecule has 2 atom stereocenters. The van der Waals surface area contributed by atoms with Crippen LogP contribution in [0.3, 0.4) is 0 Å². The fraction of sp³-hybridized carbons (Fsp3) is 0.846. The molecular formula is C13H23N3O2. The lowest BCUT2D eigenvalue weighted by Gasteiger charge is -2.19. The minimum Gasteiger partial charge on any atom is -0.393 e. The molecular weight excluding hydrogens is 230 g/mol. The monoisotopic (exact) mass is 253 g/mol. The molecule has 1 aliphatic rings. The van der Waals surface area contributed by atoms with Gasteiger partial charge in [0.05, 0.1) is 18.6 Å². The molecule has 1 N–H and O–H groups in total. The van der Waals surface area contributed by atoms with Gasteiger partial charge in [0, 0.05) is 33.1 Å². The zero-order valence-electron chi connectivity index (χ0n) is 11.3. The van der Waals surface area contributed by atoms with Crippen molar-refractivity contribution < 1.29 is 9.90 Å². The van der Waals surface area contributed by atoms with Crippen LogP contribution in [-0.2, 0) is 4.79 Å². The number of aliphatic hydroxyl groups excluding tert-OH is 1. The first-order valence-corrected chi connectivity index (χ1v) is 6.56. The van der Waals surface area contributed by atoms with E-state index < -0.39 is 0 Å². The van der Waals surface area contributed by atoms with Gasteiger partial charge in [-0.1, -0.05) is 0 Å². The number of nitrogens with zero attached hydrogens (tertiary/aromatic N) is 3. The molecule has 0 aromatic carbocycles. The minimum absolute atomic E-state index is 0.0887. The number of amides is 1. The number of carbonyl (C=O) groups excluding carboxylic acids is 1. The molecule has 5 heteroatoms. The van der Waals surface area contributed by atoms with Crippen molar-refractivity contribution in [2.24, 2.45) is 5.92 Å². The standard InChI is InChI=1S/C13H23N3O2/c1-11(17)12-4-8-16(10-12)9-5-13(18)15(2)7-3-6-14/h11-12,17H,3-5,7-10H2,1-2H3. The van der Waals surface area contributed by atoms with Crippen LogP contribution in [0.2, 0.25) is 0 Å². The van der Waals surface area contributed by atoms with Crippen molar-refractivity contribution in [1.29, 1.82) is 5.26 Å². The van der Waals surface area contributed by atoms with Gasteiger partial charge < -0.3 is 14.9 Å². The van der Waals surface area contributed by atoms with Crippen LogP contribution < -0.4 is 0 Å². The molecule has 0 spiro atoms. The molecule has 18 heavy (non-hydrogen) atoms. The van der Waals surface area contributed by atoms with Gasteiger partial charge >= 0.3 is 0 Å². The summed E-state index contributed by atoms with van der Waals surface area (Å²) in [6.45, 7) is 4.93. The van der Waals surface area contributed by atoms with Gasteiger partial charge in [0.15, 0.2) is 0 Å². The van der Waals surface area contributed by atoms with Gasteiger partial charge in [0.2, 0.25) is 5.91 Å². The molecule has 1 saturated heterocycles. The van der Waals surface area contributed by atoms with Crippen LogP contribution in [-0.4, -0.2) is 60.1 Å². The lowest BCUT2D eigenvalue weighted by molar-refractivity contribution is -0.130. The van der Waals surface area contributed by atoms with E-state index >= 15 is 0 Å². The third-order valence-electron chi connectivity index (χ3n) is 3.62. The first-order valence-electron chi connectivity index (χ1n) is 6.56. The molecule has 1 aliphatic heterocycles. The molecule has 0 bridgehead atoms. The second kappa shape index (κ2) is 7.34. The van der Waals surface area contributed by atoms with Crippen molar-refractivity contribution in [1.82, 2.24) is 9.80 Å². The van der Waals surface area contributed by atoms with Crippen LogP contribution in [0.15, 0.2) is 0 Å². The largest absolute Gasteiger partial charge is 0.393 e. The third-order valence-corrected chi connectivity index (χ3v) is 3.62. The van der Waals surface area contributed by atoms with Gasteiger partial charge in [-0.3, -0.25) is 4.79 Å². The van der Waals surface area contributed by atoms with Crippen molar-refractivity contribution in [2.75, 3.05) is 33.2 Å². The summed E-state index contributed by atoms with van der Waals surface area (Å²) in [4.78, 5) is 15.6. The first-order chi connectivity index (χ1) is 8.54. The second-order valence-corrected chi connectivity index (χ2v) is 5.06. The Morgan fingerprint density at radius 3 is 2.94 bits per heavy atom. The van der Waals surface area contributed by atoms with Gasteiger partial charge in [0.25, 0.3) is 0 Å². The Kier molecular flexibility index (Phi) is 6.10. The topological polar surface area (TPSA) is 67.6 Å². The molecule has 0 aromatic rings. The number of likely N-dealkylation sites (tertiary alicyclic amines) is 1. The summed E-state index contributed by atoms with van der Waals surface area (Å²) in [5.41, 5.74) is 0. The number of rotatable bonds is 6. The highest BCUT2D eigenvalue weighted by Gasteiger charge is 2.26. The third kappa shape index (κ3) is 4.63. The van der Waals surface area contributed by atoms with Crippen molar-refractivity contribution in [3.63, 3.8) is 0 Å². The van der Waals surface area contributed by atoms with Crippen LogP contribution in [0.4, 0.5) is 0 Å². The fourth-order valence-corrected chi connectivity index (χ4v) is 2.25. The molecule has 1 amide bonds. The van der Waals surface area contributed by atoms with Crippen molar-refractivity contribution in [3.05, 3.63) is 0 Å². The van der Waals surface area contributed by atoms with E-state index in [1.807, 2.05) is 13.0 Å². The number of nitriles is 1. The maximum absolute atomic E-state index is 11.8. The molecule has 5 nitrogen and oxygen atoms in total.